The Labute approximate surface area is 107 Å². The first-order chi connectivity index (χ1) is 7.30. The zero-order valence-electron chi connectivity index (χ0n) is 8.67. The molecular weight excluding hydrogens is 321 g/mol. The SMILES string of the molecule is CN(C)S(=O)(=O)c1cc(Br)cc(CCl)c1F. The maximum absolute atomic E-state index is 13.8. The normalized spacial score (nSPS) is 12.1. The van der Waals surface area contributed by atoms with Gasteiger partial charge in [-0.2, -0.15) is 0 Å². The molecule has 0 saturated heterocycles. The van der Waals surface area contributed by atoms with E-state index in [2.05, 4.69) is 15.9 Å². The molecule has 1 aromatic rings. The van der Waals surface area contributed by atoms with Crippen molar-refractivity contribution in [2.45, 2.75) is 10.8 Å². The van der Waals surface area contributed by atoms with Gasteiger partial charge in [0.15, 0.2) is 0 Å². The quantitative estimate of drug-likeness (QED) is 0.799. The summed E-state index contributed by atoms with van der Waals surface area (Å²) in [4.78, 5) is -0.373. The molecule has 1 aromatic carbocycles. The second-order valence-electron chi connectivity index (χ2n) is 3.30. The van der Waals surface area contributed by atoms with Gasteiger partial charge in [0.25, 0.3) is 0 Å². The summed E-state index contributed by atoms with van der Waals surface area (Å²) in [5.74, 6) is -0.881. The van der Waals surface area contributed by atoms with Crippen molar-refractivity contribution in [3.8, 4) is 0 Å². The minimum atomic E-state index is -3.79. The van der Waals surface area contributed by atoms with E-state index in [0.717, 1.165) is 4.31 Å². The van der Waals surface area contributed by atoms with Crippen molar-refractivity contribution in [3.63, 3.8) is 0 Å². The molecule has 0 atom stereocenters. The van der Waals surface area contributed by atoms with Crippen molar-refractivity contribution in [2.24, 2.45) is 0 Å². The first-order valence-corrected chi connectivity index (χ1v) is 7.04. The fourth-order valence-electron chi connectivity index (χ4n) is 1.10. The van der Waals surface area contributed by atoms with Crippen molar-refractivity contribution >= 4 is 37.6 Å². The average Bonchev–Trinajstić information content (AvgIpc) is 2.20. The van der Waals surface area contributed by atoms with Crippen molar-refractivity contribution in [2.75, 3.05) is 14.1 Å². The second-order valence-corrected chi connectivity index (χ2v) is 6.60. The molecule has 16 heavy (non-hydrogen) atoms. The first kappa shape index (κ1) is 13.9. The lowest BCUT2D eigenvalue weighted by Crippen LogP contribution is -2.23. The number of hydrogen-bond acceptors (Lipinski definition) is 2. The van der Waals surface area contributed by atoms with Gasteiger partial charge < -0.3 is 0 Å². The summed E-state index contributed by atoms with van der Waals surface area (Å²) >= 11 is 8.66. The Morgan fingerprint density at radius 3 is 2.44 bits per heavy atom. The molecule has 0 fully saturated rings. The van der Waals surface area contributed by atoms with Gasteiger partial charge in [0.1, 0.15) is 10.7 Å². The smallest absolute Gasteiger partial charge is 0.207 e. The molecular formula is C9H10BrClFNO2S. The van der Waals surface area contributed by atoms with E-state index in [1.165, 1.54) is 26.2 Å². The number of alkyl halides is 1. The van der Waals surface area contributed by atoms with E-state index in [4.69, 9.17) is 11.6 Å². The van der Waals surface area contributed by atoms with Crippen LogP contribution in [0.25, 0.3) is 0 Å². The molecule has 7 heteroatoms. The van der Waals surface area contributed by atoms with Gasteiger partial charge in [0.05, 0.1) is 5.88 Å². The molecule has 90 valence electrons. The van der Waals surface area contributed by atoms with E-state index >= 15 is 0 Å². The van der Waals surface area contributed by atoms with Crippen LogP contribution in [0.15, 0.2) is 21.5 Å². The molecule has 0 spiro atoms. The third-order valence-corrected chi connectivity index (χ3v) is 4.54. The summed E-state index contributed by atoms with van der Waals surface area (Å²) in [5, 5.41) is 0. The van der Waals surface area contributed by atoms with Crippen LogP contribution in [0.4, 0.5) is 4.39 Å². The predicted octanol–water partition coefficient (Wildman–Crippen LogP) is 2.58. The molecule has 0 heterocycles. The van der Waals surface area contributed by atoms with Gasteiger partial charge >= 0.3 is 0 Å². The van der Waals surface area contributed by atoms with Gasteiger partial charge in [0.2, 0.25) is 10.0 Å². The number of benzene rings is 1. The minimum absolute atomic E-state index is 0.0821. The van der Waals surface area contributed by atoms with Crippen LogP contribution in [0.1, 0.15) is 5.56 Å². The van der Waals surface area contributed by atoms with Gasteiger partial charge in [-0.15, -0.1) is 11.6 Å². The zero-order chi connectivity index (χ0) is 12.5. The van der Waals surface area contributed by atoms with Crippen LogP contribution in [0.3, 0.4) is 0 Å². The van der Waals surface area contributed by atoms with Crippen molar-refractivity contribution in [3.05, 3.63) is 28.0 Å². The second kappa shape index (κ2) is 5.00. The Balaban J connectivity index is 3.52. The molecule has 0 aliphatic rings. The molecule has 0 bridgehead atoms. The fourth-order valence-corrected chi connectivity index (χ4v) is 2.98. The van der Waals surface area contributed by atoms with Gasteiger partial charge in [-0.1, -0.05) is 15.9 Å². The van der Waals surface area contributed by atoms with Gasteiger partial charge in [0, 0.05) is 24.1 Å². The number of sulfonamides is 1. The maximum Gasteiger partial charge on any atom is 0.245 e. The van der Waals surface area contributed by atoms with E-state index < -0.39 is 15.8 Å². The molecule has 0 N–H and O–H groups in total. The lowest BCUT2D eigenvalue weighted by Gasteiger charge is -2.13. The number of rotatable bonds is 3. The molecule has 0 amide bonds. The summed E-state index contributed by atoms with van der Waals surface area (Å²) in [6.45, 7) is 0. The molecule has 3 nitrogen and oxygen atoms in total. The van der Waals surface area contributed by atoms with Gasteiger partial charge in [-0.3, -0.25) is 0 Å². The third kappa shape index (κ3) is 2.56. The van der Waals surface area contributed by atoms with Crippen LogP contribution in [-0.4, -0.2) is 26.8 Å². The summed E-state index contributed by atoms with van der Waals surface area (Å²) < 4.78 is 38.8. The highest BCUT2D eigenvalue weighted by Gasteiger charge is 2.24. The van der Waals surface area contributed by atoms with Crippen LogP contribution >= 0.6 is 27.5 Å². The number of nitrogens with zero attached hydrogens (tertiary/aromatic N) is 1. The lowest BCUT2D eigenvalue weighted by atomic mass is 10.2. The number of halogens is 3. The summed E-state index contributed by atoms with van der Waals surface area (Å²) in [5.41, 5.74) is 0.150. The van der Waals surface area contributed by atoms with E-state index in [1.54, 1.807) is 0 Å². The van der Waals surface area contributed by atoms with Gasteiger partial charge in [-0.25, -0.2) is 17.1 Å². The number of hydrogen-bond donors (Lipinski definition) is 0. The predicted molar refractivity (Wildman–Crippen MR) is 64.5 cm³/mol. The molecule has 0 saturated carbocycles. The first-order valence-electron chi connectivity index (χ1n) is 4.27. The summed E-state index contributed by atoms with van der Waals surface area (Å²) in [6, 6.07) is 2.68. The molecule has 0 aliphatic heterocycles. The Morgan fingerprint density at radius 1 is 1.44 bits per heavy atom. The van der Waals surface area contributed by atoms with E-state index in [9.17, 15) is 12.8 Å². The molecule has 1 rings (SSSR count). The molecule has 0 aliphatic carbocycles. The Kier molecular flexibility index (Phi) is 4.34. The minimum Gasteiger partial charge on any atom is -0.207 e. The van der Waals surface area contributed by atoms with Crippen LogP contribution in [-0.2, 0) is 15.9 Å². The van der Waals surface area contributed by atoms with Crippen molar-refractivity contribution < 1.29 is 12.8 Å². The van der Waals surface area contributed by atoms with E-state index in [1.807, 2.05) is 0 Å². The Bertz CT molecular complexity index is 504. The summed E-state index contributed by atoms with van der Waals surface area (Å²) in [6.07, 6.45) is 0. The highest BCUT2D eigenvalue weighted by molar-refractivity contribution is 9.10. The highest BCUT2D eigenvalue weighted by atomic mass is 79.9. The van der Waals surface area contributed by atoms with Gasteiger partial charge in [-0.05, 0) is 12.1 Å². The largest absolute Gasteiger partial charge is 0.245 e. The fraction of sp³-hybridized carbons (Fsp3) is 0.333. The summed E-state index contributed by atoms with van der Waals surface area (Å²) in [7, 11) is -1.11. The van der Waals surface area contributed by atoms with E-state index in [0.29, 0.717) is 4.47 Å². The van der Waals surface area contributed by atoms with Crippen molar-refractivity contribution in [1.29, 1.82) is 0 Å². The van der Waals surface area contributed by atoms with Crippen LogP contribution in [0, 0.1) is 5.82 Å². The van der Waals surface area contributed by atoms with Crippen molar-refractivity contribution in [1.82, 2.24) is 4.31 Å². The van der Waals surface area contributed by atoms with Crippen LogP contribution in [0.5, 0.6) is 0 Å². The zero-order valence-corrected chi connectivity index (χ0v) is 11.8. The Hall–Kier alpha value is -0.170. The lowest BCUT2D eigenvalue weighted by molar-refractivity contribution is 0.506. The van der Waals surface area contributed by atoms with Crippen LogP contribution < -0.4 is 0 Å². The highest BCUT2D eigenvalue weighted by Crippen LogP contribution is 2.26. The monoisotopic (exact) mass is 329 g/mol. The maximum atomic E-state index is 13.8. The molecule has 0 radical (unpaired) electrons. The van der Waals surface area contributed by atoms with Crippen LogP contribution in [0.2, 0.25) is 0 Å². The Morgan fingerprint density at radius 2 is 2.00 bits per heavy atom. The topological polar surface area (TPSA) is 37.4 Å². The third-order valence-electron chi connectivity index (χ3n) is 1.98. The molecule has 0 aromatic heterocycles. The molecule has 0 unspecified atom stereocenters. The van der Waals surface area contributed by atoms with E-state index in [-0.39, 0.29) is 16.3 Å². The average molecular weight is 331 g/mol. The standard InChI is InChI=1S/C9H10BrClFNO2S/c1-13(2)16(14,15)8-4-7(10)3-6(5-11)9(8)12/h3-4H,5H2,1-2H3.